The molecule has 5 fully saturated rings. The highest BCUT2D eigenvalue weighted by molar-refractivity contribution is 6.74. The summed E-state index contributed by atoms with van der Waals surface area (Å²) in [6.07, 6.45) is 12.7. The number of hydrogen-bond acceptors (Lipinski definition) is 4. The Labute approximate surface area is 203 Å². The summed E-state index contributed by atoms with van der Waals surface area (Å²) < 4.78 is 19.4. The van der Waals surface area contributed by atoms with Crippen LogP contribution in [0.3, 0.4) is 0 Å². The van der Waals surface area contributed by atoms with Crippen molar-refractivity contribution in [3.63, 3.8) is 0 Å². The Morgan fingerprint density at radius 1 is 0.939 bits per heavy atom. The van der Waals surface area contributed by atoms with Crippen LogP contribution in [0.5, 0.6) is 0 Å². The van der Waals surface area contributed by atoms with Gasteiger partial charge in [0.25, 0.3) is 0 Å². The Morgan fingerprint density at radius 3 is 2.33 bits per heavy atom. The molecule has 3 aliphatic carbocycles. The Kier molecular flexibility index (Phi) is 5.75. The van der Waals surface area contributed by atoms with Gasteiger partial charge in [-0.15, -0.1) is 0 Å². The highest BCUT2D eigenvalue weighted by Crippen LogP contribution is 2.65. The largest absolute Gasteiger partial charge is 0.433 e. The summed E-state index contributed by atoms with van der Waals surface area (Å²) in [6, 6.07) is 0. The number of fused-ring (bicyclic) bond motifs is 5. The van der Waals surface area contributed by atoms with Crippen LogP contribution in [-0.2, 0) is 18.7 Å². The highest BCUT2D eigenvalue weighted by atomic mass is 28.4. The molecule has 2 heterocycles. The summed E-state index contributed by atoms with van der Waals surface area (Å²) in [4.78, 5) is 11.9. The van der Waals surface area contributed by atoms with Crippen molar-refractivity contribution in [2.24, 2.45) is 29.1 Å². The third-order valence-electron chi connectivity index (χ3n) is 11.5. The molecule has 0 unspecified atom stereocenters. The molecule has 0 aromatic carbocycles. The molecule has 0 aromatic heterocycles. The van der Waals surface area contributed by atoms with Gasteiger partial charge >= 0.3 is 5.97 Å². The zero-order chi connectivity index (χ0) is 23.9. The fourth-order valence-corrected chi connectivity index (χ4v) is 9.95. The average Bonchev–Trinajstić information content (AvgIpc) is 3.05. The van der Waals surface area contributed by atoms with E-state index in [1.165, 1.54) is 38.5 Å². The minimum absolute atomic E-state index is 0.0737. The summed E-state index contributed by atoms with van der Waals surface area (Å²) in [7, 11) is -1.71. The fraction of sp³-hybridized carbons (Fsp3) is 0.964. The summed E-state index contributed by atoms with van der Waals surface area (Å²) in [5.74, 6) is 2.30. The lowest BCUT2D eigenvalue weighted by atomic mass is 9.45. The van der Waals surface area contributed by atoms with Crippen LogP contribution in [0.15, 0.2) is 0 Å². The molecule has 4 nitrogen and oxygen atoms in total. The molecule has 2 saturated heterocycles. The second kappa shape index (κ2) is 7.80. The van der Waals surface area contributed by atoms with Crippen LogP contribution in [-0.4, -0.2) is 31.8 Å². The molecule has 8 atom stereocenters. The zero-order valence-corrected chi connectivity index (χ0v) is 23.3. The average molecular weight is 477 g/mol. The Morgan fingerprint density at radius 2 is 1.67 bits per heavy atom. The molecular weight excluding hydrogens is 428 g/mol. The molecule has 0 N–H and O–H groups in total. The van der Waals surface area contributed by atoms with Gasteiger partial charge in [0.1, 0.15) is 0 Å². The molecule has 33 heavy (non-hydrogen) atoms. The third-order valence-corrected chi connectivity index (χ3v) is 16.0. The van der Waals surface area contributed by atoms with E-state index in [2.05, 4.69) is 47.7 Å². The summed E-state index contributed by atoms with van der Waals surface area (Å²) in [5, 5.41) is 0.283. The first kappa shape index (κ1) is 24.3. The molecule has 188 valence electrons. The van der Waals surface area contributed by atoms with Gasteiger partial charge in [-0.2, -0.15) is 0 Å². The maximum atomic E-state index is 11.9. The lowest BCUT2D eigenvalue weighted by molar-refractivity contribution is -0.319. The highest BCUT2D eigenvalue weighted by Gasteiger charge is 2.62. The molecule has 0 bridgehead atoms. The van der Waals surface area contributed by atoms with Gasteiger partial charge in [-0.25, -0.2) is 0 Å². The first-order chi connectivity index (χ1) is 15.3. The first-order valence-corrected chi connectivity index (χ1v) is 16.8. The second-order valence-corrected chi connectivity index (χ2v) is 19.1. The van der Waals surface area contributed by atoms with Crippen molar-refractivity contribution in [3.8, 4) is 0 Å². The maximum Gasteiger partial charge on any atom is 0.308 e. The van der Waals surface area contributed by atoms with Crippen LogP contribution in [0, 0.1) is 29.1 Å². The first-order valence-electron chi connectivity index (χ1n) is 13.9. The van der Waals surface area contributed by atoms with Crippen LogP contribution in [0.25, 0.3) is 0 Å². The number of esters is 1. The van der Waals surface area contributed by atoms with E-state index in [-0.39, 0.29) is 16.6 Å². The minimum atomic E-state index is -1.71. The molecule has 1 spiro atoms. The predicted molar refractivity (Wildman–Crippen MR) is 133 cm³/mol. The SMILES string of the molecule is CC(C)(C)[Si](C)(C)O[C@H]1CC[C@@]2(C)[C@@H](CC[C@@H]3[C@@H]2CC[C@]2(C)O[C@]4(CCC(=O)O4)CC[C@@H]32)C1. The van der Waals surface area contributed by atoms with E-state index in [0.717, 1.165) is 43.4 Å². The Bertz CT molecular complexity index is 789. The molecule has 5 rings (SSSR count). The quantitative estimate of drug-likeness (QED) is 0.312. The molecular formula is C28H48O4Si. The van der Waals surface area contributed by atoms with E-state index < -0.39 is 14.1 Å². The van der Waals surface area contributed by atoms with Crippen LogP contribution in [0.2, 0.25) is 18.1 Å². The topological polar surface area (TPSA) is 44.8 Å². The monoisotopic (exact) mass is 476 g/mol. The maximum absolute atomic E-state index is 11.9. The summed E-state index contributed by atoms with van der Waals surface area (Å²) >= 11 is 0. The van der Waals surface area contributed by atoms with E-state index in [1.54, 1.807) is 0 Å². The van der Waals surface area contributed by atoms with Gasteiger partial charge in [-0.3, -0.25) is 4.79 Å². The van der Waals surface area contributed by atoms with Gasteiger partial charge in [-0.1, -0.05) is 27.7 Å². The van der Waals surface area contributed by atoms with Crippen molar-refractivity contribution in [2.45, 2.75) is 141 Å². The second-order valence-electron chi connectivity index (χ2n) is 14.3. The molecule has 0 radical (unpaired) electrons. The van der Waals surface area contributed by atoms with Crippen LogP contribution >= 0.6 is 0 Å². The van der Waals surface area contributed by atoms with Crippen molar-refractivity contribution in [1.82, 2.24) is 0 Å². The third kappa shape index (κ3) is 3.96. The van der Waals surface area contributed by atoms with Crippen molar-refractivity contribution in [3.05, 3.63) is 0 Å². The molecule has 5 aliphatic rings. The van der Waals surface area contributed by atoms with E-state index in [9.17, 15) is 4.79 Å². The van der Waals surface area contributed by atoms with Gasteiger partial charge in [0.05, 0.1) is 12.0 Å². The van der Waals surface area contributed by atoms with Crippen molar-refractivity contribution >= 4 is 14.3 Å². The summed E-state index contributed by atoms with van der Waals surface area (Å²) in [6.45, 7) is 16.9. The van der Waals surface area contributed by atoms with Gasteiger partial charge in [-0.05, 0) is 106 Å². The van der Waals surface area contributed by atoms with E-state index in [0.29, 0.717) is 23.9 Å². The van der Waals surface area contributed by atoms with Crippen LogP contribution in [0.4, 0.5) is 0 Å². The predicted octanol–water partition coefficient (Wildman–Crippen LogP) is 7.22. The van der Waals surface area contributed by atoms with Gasteiger partial charge in [0.2, 0.25) is 5.79 Å². The molecule has 0 aromatic rings. The van der Waals surface area contributed by atoms with E-state index in [1.807, 2.05) is 0 Å². The van der Waals surface area contributed by atoms with Crippen molar-refractivity contribution in [1.29, 1.82) is 0 Å². The van der Waals surface area contributed by atoms with E-state index in [4.69, 9.17) is 13.9 Å². The van der Waals surface area contributed by atoms with Gasteiger partial charge in [0, 0.05) is 18.9 Å². The number of hydrogen-bond donors (Lipinski definition) is 0. The lowest BCUT2D eigenvalue weighted by Crippen LogP contribution is -2.61. The number of rotatable bonds is 2. The lowest BCUT2D eigenvalue weighted by Gasteiger charge is -2.63. The van der Waals surface area contributed by atoms with Gasteiger partial charge in [0.15, 0.2) is 8.32 Å². The zero-order valence-electron chi connectivity index (χ0n) is 22.3. The fourth-order valence-electron chi connectivity index (χ4n) is 8.55. The number of ether oxygens (including phenoxy) is 2. The smallest absolute Gasteiger partial charge is 0.308 e. The van der Waals surface area contributed by atoms with Crippen molar-refractivity contribution < 1.29 is 18.7 Å². The normalized spacial score (nSPS) is 48.1. The summed E-state index contributed by atoms with van der Waals surface area (Å²) in [5.41, 5.74) is 0.322. The Hall–Kier alpha value is -0.393. The Balaban J connectivity index is 1.29. The molecule has 0 amide bonds. The van der Waals surface area contributed by atoms with Gasteiger partial charge < -0.3 is 13.9 Å². The standard InChI is InChI=1S/C28H48O4Si/c1-25(2,3)33(6,7)31-20-10-14-26(4)19(18-20)8-9-21-22(26)11-15-27(5)23(21)12-16-28(32-27)17-13-24(29)30-28/h19-23H,8-18H2,1-7H3/t19-,20-,21+,22-,23-,26-,27-,28-/m0/s1. The van der Waals surface area contributed by atoms with Crippen molar-refractivity contribution in [2.75, 3.05) is 0 Å². The van der Waals surface area contributed by atoms with E-state index >= 15 is 0 Å². The molecule has 5 heteroatoms. The number of carbonyl (C=O) groups is 1. The minimum Gasteiger partial charge on any atom is -0.433 e. The molecule has 3 saturated carbocycles. The van der Waals surface area contributed by atoms with Crippen LogP contribution in [0.1, 0.15) is 105 Å². The number of carbonyl (C=O) groups excluding carboxylic acids is 1. The van der Waals surface area contributed by atoms with Crippen LogP contribution < -0.4 is 0 Å². The molecule has 2 aliphatic heterocycles.